The Labute approximate surface area is 112 Å². The molecule has 18 heavy (non-hydrogen) atoms. The van der Waals surface area contributed by atoms with Crippen LogP contribution in [0.3, 0.4) is 0 Å². The first-order chi connectivity index (χ1) is 8.68. The molecule has 2 heteroatoms. The van der Waals surface area contributed by atoms with E-state index in [4.69, 9.17) is 0 Å². The van der Waals surface area contributed by atoms with E-state index in [0.717, 1.165) is 16.0 Å². The third-order valence-corrected chi connectivity index (χ3v) is 4.03. The molecule has 0 aromatic heterocycles. The van der Waals surface area contributed by atoms with Gasteiger partial charge in [0, 0.05) is 10.5 Å². The number of carbonyl (C=O) groups is 1. The standard InChI is InChI=1S/C16H16OS/c1-12-7-6-10-15(13(12)2)16(17)11-18-14-8-4-3-5-9-14/h3-10H,11H2,1-2H3. The molecule has 0 saturated carbocycles. The summed E-state index contributed by atoms with van der Waals surface area (Å²) in [6, 6.07) is 15.9. The summed E-state index contributed by atoms with van der Waals surface area (Å²) in [4.78, 5) is 13.3. The van der Waals surface area contributed by atoms with Crippen molar-refractivity contribution in [2.75, 3.05) is 5.75 Å². The van der Waals surface area contributed by atoms with Crippen molar-refractivity contribution in [2.24, 2.45) is 0 Å². The van der Waals surface area contributed by atoms with E-state index in [0.29, 0.717) is 5.75 Å². The normalized spacial score (nSPS) is 10.3. The molecule has 2 aromatic carbocycles. The second kappa shape index (κ2) is 5.87. The van der Waals surface area contributed by atoms with Gasteiger partial charge in [0.25, 0.3) is 0 Å². The summed E-state index contributed by atoms with van der Waals surface area (Å²) in [5.74, 6) is 0.693. The van der Waals surface area contributed by atoms with E-state index in [1.54, 1.807) is 11.8 Å². The Morgan fingerprint density at radius 3 is 2.44 bits per heavy atom. The summed E-state index contributed by atoms with van der Waals surface area (Å²) >= 11 is 1.59. The Kier molecular flexibility index (Phi) is 4.21. The molecule has 0 unspecified atom stereocenters. The third kappa shape index (κ3) is 3.02. The first kappa shape index (κ1) is 12.9. The number of Topliss-reactive ketones (excluding diaryl/α,β-unsaturated/α-hetero) is 1. The lowest BCUT2D eigenvalue weighted by molar-refractivity contribution is 0.102. The molecule has 1 nitrogen and oxygen atoms in total. The number of benzene rings is 2. The van der Waals surface area contributed by atoms with E-state index in [-0.39, 0.29) is 5.78 Å². The molecular weight excluding hydrogens is 240 g/mol. The molecule has 0 aliphatic carbocycles. The van der Waals surface area contributed by atoms with Gasteiger partial charge in [0.15, 0.2) is 5.78 Å². The maximum absolute atomic E-state index is 12.2. The Morgan fingerprint density at radius 1 is 1.00 bits per heavy atom. The Morgan fingerprint density at radius 2 is 1.72 bits per heavy atom. The molecule has 0 fully saturated rings. The number of thioether (sulfide) groups is 1. The van der Waals surface area contributed by atoms with Crippen LogP contribution in [-0.4, -0.2) is 11.5 Å². The lowest BCUT2D eigenvalue weighted by Crippen LogP contribution is -2.05. The van der Waals surface area contributed by atoms with Crippen molar-refractivity contribution in [3.63, 3.8) is 0 Å². The zero-order valence-corrected chi connectivity index (χ0v) is 11.5. The fraction of sp³-hybridized carbons (Fsp3) is 0.188. The fourth-order valence-electron chi connectivity index (χ4n) is 1.80. The SMILES string of the molecule is Cc1cccc(C(=O)CSc2ccccc2)c1C. The molecule has 2 rings (SSSR count). The van der Waals surface area contributed by atoms with Gasteiger partial charge >= 0.3 is 0 Å². The minimum atomic E-state index is 0.199. The third-order valence-electron chi connectivity index (χ3n) is 3.02. The molecule has 0 saturated heterocycles. The molecule has 0 aliphatic heterocycles. The van der Waals surface area contributed by atoms with E-state index < -0.39 is 0 Å². The summed E-state index contributed by atoms with van der Waals surface area (Å²) < 4.78 is 0. The Bertz CT molecular complexity index is 546. The molecule has 92 valence electrons. The van der Waals surface area contributed by atoms with E-state index in [1.165, 1.54) is 5.56 Å². The van der Waals surface area contributed by atoms with Crippen LogP contribution < -0.4 is 0 Å². The highest BCUT2D eigenvalue weighted by molar-refractivity contribution is 8.00. The quantitative estimate of drug-likeness (QED) is 0.600. The van der Waals surface area contributed by atoms with Gasteiger partial charge in [0.1, 0.15) is 0 Å². The van der Waals surface area contributed by atoms with Gasteiger partial charge in [-0.05, 0) is 37.1 Å². The van der Waals surface area contributed by atoms with E-state index in [2.05, 4.69) is 0 Å². The van der Waals surface area contributed by atoms with Crippen molar-refractivity contribution in [3.8, 4) is 0 Å². The smallest absolute Gasteiger partial charge is 0.173 e. The molecule has 0 heterocycles. The summed E-state index contributed by atoms with van der Waals surface area (Å²) in [6.45, 7) is 4.05. The number of ketones is 1. The van der Waals surface area contributed by atoms with Crippen molar-refractivity contribution in [3.05, 3.63) is 65.2 Å². The number of aryl methyl sites for hydroxylation is 1. The molecule has 0 bridgehead atoms. The summed E-state index contributed by atoms with van der Waals surface area (Å²) in [6.07, 6.45) is 0. The molecule has 0 N–H and O–H groups in total. The Hall–Kier alpha value is -1.54. The Balaban J connectivity index is 2.07. The van der Waals surface area contributed by atoms with Gasteiger partial charge in [-0.2, -0.15) is 0 Å². The molecular formula is C16H16OS. The van der Waals surface area contributed by atoms with Gasteiger partial charge < -0.3 is 0 Å². The molecule has 0 spiro atoms. The van der Waals surface area contributed by atoms with E-state index >= 15 is 0 Å². The second-order valence-corrected chi connectivity index (χ2v) is 5.32. The van der Waals surface area contributed by atoms with Crippen molar-refractivity contribution < 1.29 is 4.79 Å². The zero-order chi connectivity index (χ0) is 13.0. The highest BCUT2D eigenvalue weighted by Crippen LogP contribution is 2.20. The largest absolute Gasteiger partial charge is 0.293 e. The van der Waals surface area contributed by atoms with Crippen LogP contribution in [0.5, 0.6) is 0 Å². The molecule has 2 aromatic rings. The second-order valence-electron chi connectivity index (χ2n) is 4.27. The van der Waals surface area contributed by atoms with Crippen LogP contribution in [0.15, 0.2) is 53.4 Å². The van der Waals surface area contributed by atoms with E-state index in [1.807, 2.05) is 62.4 Å². The maximum atomic E-state index is 12.2. The van der Waals surface area contributed by atoms with Crippen LogP contribution in [-0.2, 0) is 0 Å². The topological polar surface area (TPSA) is 17.1 Å². The number of hydrogen-bond acceptors (Lipinski definition) is 2. The first-order valence-corrected chi connectivity index (χ1v) is 6.94. The maximum Gasteiger partial charge on any atom is 0.173 e. The predicted molar refractivity (Wildman–Crippen MR) is 77.4 cm³/mol. The average Bonchev–Trinajstić information content (AvgIpc) is 2.40. The van der Waals surface area contributed by atoms with Crippen molar-refractivity contribution in [2.45, 2.75) is 18.7 Å². The van der Waals surface area contributed by atoms with Crippen molar-refractivity contribution in [1.82, 2.24) is 0 Å². The van der Waals surface area contributed by atoms with Gasteiger partial charge in [0.2, 0.25) is 0 Å². The summed E-state index contributed by atoms with van der Waals surface area (Å²) in [7, 11) is 0. The van der Waals surface area contributed by atoms with Gasteiger partial charge in [-0.1, -0.05) is 36.4 Å². The highest BCUT2D eigenvalue weighted by Gasteiger charge is 2.10. The number of carbonyl (C=O) groups excluding carboxylic acids is 1. The highest BCUT2D eigenvalue weighted by atomic mass is 32.2. The van der Waals surface area contributed by atoms with Crippen molar-refractivity contribution >= 4 is 17.5 Å². The number of hydrogen-bond donors (Lipinski definition) is 0. The van der Waals surface area contributed by atoms with Crippen LogP contribution in [0.25, 0.3) is 0 Å². The minimum absolute atomic E-state index is 0.199. The van der Waals surface area contributed by atoms with Crippen LogP contribution in [0.4, 0.5) is 0 Å². The summed E-state index contributed by atoms with van der Waals surface area (Å²) in [5.41, 5.74) is 3.11. The minimum Gasteiger partial charge on any atom is -0.293 e. The van der Waals surface area contributed by atoms with Gasteiger partial charge in [-0.15, -0.1) is 11.8 Å². The van der Waals surface area contributed by atoms with Crippen LogP contribution >= 0.6 is 11.8 Å². The average molecular weight is 256 g/mol. The molecule has 0 atom stereocenters. The molecule has 0 aliphatic rings. The van der Waals surface area contributed by atoms with Crippen molar-refractivity contribution in [1.29, 1.82) is 0 Å². The predicted octanol–water partition coefficient (Wildman–Crippen LogP) is 4.28. The number of rotatable bonds is 4. The van der Waals surface area contributed by atoms with E-state index in [9.17, 15) is 4.79 Å². The molecule has 0 amide bonds. The molecule has 0 radical (unpaired) electrons. The first-order valence-electron chi connectivity index (χ1n) is 5.96. The van der Waals surface area contributed by atoms with Crippen LogP contribution in [0.2, 0.25) is 0 Å². The fourth-order valence-corrected chi connectivity index (χ4v) is 2.60. The lowest BCUT2D eigenvalue weighted by Gasteiger charge is -2.07. The van der Waals surface area contributed by atoms with Crippen LogP contribution in [0, 0.1) is 13.8 Å². The van der Waals surface area contributed by atoms with Crippen LogP contribution in [0.1, 0.15) is 21.5 Å². The van der Waals surface area contributed by atoms with Gasteiger partial charge in [0.05, 0.1) is 5.75 Å². The summed E-state index contributed by atoms with van der Waals surface area (Å²) in [5, 5.41) is 0. The lowest BCUT2D eigenvalue weighted by atomic mass is 10.0. The van der Waals surface area contributed by atoms with Gasteiger partial charge in [-0.3, -0.25) is 4.79 Å². The zero-order valence-electron chi connectivity index (χ0n) is 10.6. The van der Waals surface area contributed by atoms with Gasteiger partial charge in [-0.25, -0.2) is 0 Å². The monoisotopic (exact) mass is 256 g/mol.